The smallest absolute Gasteiger partial charge is 0.266 e. The fourth-order valence-electron chi connectivity index (χ4n) is 3.84. The topological polar surface area (TPSA) is 67.9 Å². The Hall–Kier alpha value is -3.62. The van der Waals surface area contributed by atoms with Gasteiger partial charge in [-0.05, 0) is 53.5 Å². The highest BCUT2D eigenvalue weighted by molar-refractivity contribution is 8.26. The Bertz CT molecular complexity index is 1310. The SMILES string of the molecule is O=C(CCCN1C(=O)/C(=C/c2ccc3c(c2)OCO3)SC1=S)Nc1ccc(-c2ccccc2)cc1. The van der Waals surface area contributed by atoms with Gasteiger partial charge in [0.15, 0.2) is 11.5 Å². The van der Waals surface area contributed by atoms with Gasteiger partial charge in [-0.1, -0.05) is 72.5 Å². The van der Waals surface area contributed by atoms with Crippen LogP contribution in [0.4, 0.5) is 5.69 Å². The van der Waals surface area contributed by atoms with Gasteiger partial charge in [-0.3, -0.25) is 14.5 Å². The molecule has 0 unspecified atom stereocenters. The molecule has 0 spiro atoms. The summed E-state index contributed by atoms with van der Waals surface area (Å²) in [4.78, 5) is 27.4. The Morgan fingerprint density at radius 3 is 2.54 bits per heavy atom. The molecule has 2 aliphatic rings. The van der Waals surface area contributed by atoms with Gasteiger partial charge in [-0.2, -0.15) is 0 Å². The molecule has 1 fully saturated rings. The third kappa shape index (κ3) is 5.39. The number of nitrogens with one attached hydrogen (secondary N) is 1. The van der Waals surface area contributed by atoms with Gasteiger partial charge < -0.3 is 14.8 Å². The predicted molar refractivity (Wildman–Crippen MR) is 142 cm³/mol. The summed E-state index contributed by atoms with van der Waals surface area (Å²) in [5.74, 6) is 1.11. The summed E-state index contributed by atoms with van der Waals surface area (Å²) in [6, 6.07) is 23.4. The Balaban J connectivity index is 1.12. The lowest BCUT2D eigenvalue weighted by Gasteiger charge is -2.14. The van der Waals surface area contributed by atoms with E-state index in [2.05, 4.69) is 5.32 Å². The maximum atomic E-state index is 12.9. The molecule has 35 heavy (non-hydrogen) atoms. The van der Waals surface area contributed by atoms with Crippen LogP contribution in [0, 0.1) is 0 Å². The monoisotopic (exact) mass is 502 g/mol. The second kappa shape index (κ2) is 10.3. The van der Waals surface area contributed by atoms with Crippen LogP contribution in [0.3, 0.4) is 0 Å². The molecule has 8 heteroatoms. The maximum Gasteiger partial charge on any atom is 0.266 e. The number of fused-ring (bicyclic) bond motifs is 1. The van der Waals surface area contributed by atoms with Gasteiger partial charge in [0.2, 0.25) is 12.7 Å². The second-order valence-electron chi connectivity index (χ2n) is 8.04. The molecule has 0 bridgehead atoms. The first-order valence-electron chi connectivity index (χ1n) is 11.2. The zero-order valence-corrected chi connectivity index (χ0v) is 20.4. The second-order valence-corrected chi connectivity index (χ2v) is 9.72. The molecule has 3 aromatic carbocycles. The van der Waals surface area contributed by atoms with Crippen molar-refractivity contribution in [2.45, 2.75) is 12.8 Å². The Labute approximate surface area is 212 Å². The van der Waals surface area contributed by atoms with E-state index in [1.165, 1.54) is 11.8 Å². The maximum absolute atomic E-state index is 12.9. The Morgan fingerprint density at radius 2 is 1.74 bits per heavy atom. The number of carbonyl (C=O) groups is 2. The highest BCUT2D eigenvalue weighted by Crippen LogP contribution is 2.36. The number of ether oxygens (including phenoxy) is 2. The minimum Gasteiger partial charge on any atom is -0.454 e. The van der Waals surface area contributed by atoms with Crippen LogP contribution in [-0.4, -0.2) is 34.4 Å². The fourth-order valence-corrected chi connectivity index (χ4v) is 5.15. The van der Waals surface area contributed by atoms with Crippen molar-refractivity contribution in [2.24, 2.45) is 0 Å². The van der Waals surface area contributed by atoms with E-state index in [1.54, 1.807) is 11.0 Å². The van der Waals surface area contributed by atoms with Crippen molar-refractivity contribution in [3.8, 4) is 22.6 Å². The minimum atomic E-state index is -0.144. The highest BCUT2D eigenvalue weighted by Gasteiger charge is 2.31. The van der Waals surface area contributed by atoms with Crippen molar-refractivity contribution >= 4 is 51.9 Å². The summed E-state index contributed by atoms with van der Waals surface area (Å²) in [6.07, 6.45) is 2.60. The number of amides is 2. The molecule has 0 aliphatic carbocycles. The van der Waals surface area contributed by atoms with Crippen LogP contribution in [0.1, 0.15) is 18.4 Å². The first-order chi connectivity index (χ1) is 17.1. The van der Waals surface area contributed by atoms with Crippen LogP contribution in [0.2, 0.25) is 0 Å². The first kappa shape index (κ1) is 23.1. The number of rotatable bonds is 7. The number of hydrogen-bond donors (Lipinski definition) is 1. The molecule has 2 heterocycles. The molecule has 0 radical (unpaired) electrons. The molecule has 1 saturated heterocycles. The Morgan fingerprint density at radius 1 is 1.00 bits per heavy atom. The van der Waals surface area contributed by atoms with E-state index < -0.39 is 0 Å². The Kier molecular flexibility index (Phi) is 6.83. The number of carbonyl (C=O) groups excluding carboxylic acids is 2. The van der Waals surface area contributed by atoms with Gasteiger partial charge in [0.05, 0.1) is 4.91 Å². The average molecular weight is 503 g/mol. The lowest BCUT2D eigenvalue weighted by atomic mass is 10.1. The molecule has 6 nitrogen and oxygen atoms in total. The number of hydrogen-bond acceptors (Lipinski definition) is 6. The standard InChI is InChI=1S/C27H22N2O4S2/c30-25(28-21-11-9-20(10-12-21)19-5-2-1-3-6-19)7-4-14-29-26(31)24(35-27(29)34)16-18-8-13-22-23(15-18)33-17-32-22/h1-3,5-6,8-13,15-16H,4,7,14,17H2,(H,28,30)/b24-16-. The number of nitrogens with zero attached hydrogens (tertiary/aromatic N) is 1. The summed E-state index contributed by atoms with van der Waals surface area (Å²) < 4.78 is 11.2. The molecule has 1 N–H and O–H groups in total. The molecule has 176 valence electrons. The van der Waals surface area contributed by atoms with Crippen LogP contribution in [-0.2, 0) is 9.59 Å². The van der Waals surface area contributed by atoms with Crippen molar-refractivity contribution in [3.63, 3.8) is 0 Å². The molecular weight excluding hydrogens is 480 g/mol. The first-order valence-corrected chi connectivity index (χ1v) is 12.4. The predicted octanol–water partition coefficient (Wildman–Crippen LogP) is 5.70. The number of thiocarbonyl (C=S) groups is 1. The zero-order chi connectivity index (χ0) is 24.2. The van der Waals surface area contributed by atoms with Crippen molar-refractivity contribution < 1.29 is 19.1 Å². The van der Waals surface area contributed by atoms with E-state index in [0.29, 0.717) is 40.1 Å². The van der Waals surface area contributed by atoms with E-state index in [-0.39, 0.29) is 18.6 Å². The van der Waals surface area contributed by atoms with Gasteiger partial charge in [-0.15, -0.1) is 0 Å². The molecule has 0 aromatic heterocycles. The van der Waals surface area contributed by atoms with E-state index >= 15 is 0 Å². The van der Waals surface area contributed by atoms with E-state index in [1.807, 2.05) is 72.8 Å². The van der Waals surface area contributed by atoms with Gasteiger partial charge in [0.1, 0.15) is 4.32 Å². The third-order valence-electron chi connectivity index (χ3n) is 5.63. The summed E-state index contributed by atoms with van der Waals surface area (Å²) in [7, 11) is 0. The largest absolute Gasteiger partial charge is 0.454 e. The van der Waals surface area contributed by atoms with Gasteiger partial charge in [0.25, 0.3) is 5.91 Å². The molecule has 5 rings (SSSR count). The highest BCUT2D eigenvalue weighted by atomic mass is 32.2. The number of thioether (sulfide) groups is 1. The summed E-state index contributed by atoms with van der Waals surface area (Å²) in [5.41, 5.74) is 3.80. The summed E-state index contributed by atoms with van der Waals surface area (Å²) >= 11 is 6.68. The van der Waals surface area contributed by atoms with Crippen molar-refractivity contribution in [2.75, 3.05) is 18.7 Å². The fraction of sp³-hybridized carbons (Fsp3) is 0.148. The summed E-state index contributed by atoms with van der Waals surface area (Å²) in [5, 5.41) is 2.92. The molecule has 0 atom stereocenters. The van der Waals surface area contributed by atoms with E-state index in [0.717, 1.165) is 22.4 Å². The van der Waals surface area contributed by atoms with Crippen LogP contribution >= 0.6 is 24.0 Å². The van der Waals surface area contributed by atoms with Crippen LogP contribution < -0.4 is 14.8 Å². The lowest BCUT2D eigenvalue weighted by molar-refractivity contribution is -0.122. The van der Waals surface area contributed by atoms with Crippen LogP contribution in [0.25, 0.3) is 17.2 Å². The van der Waals surface area contributed by atoms with Crippen molar-refractivity contribution in [1.29, 1.82) is 0 Å². The molecule has 0 saturated carbocycles. The molecule has 2 amide bonds. The average Bonchev–Trinajstić information content (AvgIpc) is 3.44. The normalized spacial score (nSPS) is 15.7. The number of anilines is 1. The van der Waals surface area contributed by atoms with Gasteiger partial charge >= 0.3 is 0 Å². The van der Waals surface area contributed by atoms with Crippen LogP contribution in [0.5, 0.6) is 11.5 Å². The molecule has 3 aromatic rings. The number of benzene rings is 3. The van der Waals surface area contributed by atoms with E-state index in [9.17, 15) is 9.59 Å². The van der Waals surface area contributed by atoms with Crippen molar-refractivity contribution in [1.82, 2.24) is 4.90 Å². The van der Waals surface area contributed by atoms with Gasteiger partial charge in [-0.25, -0.2) is 0 Å². The summed E-state index contributed by atoms with van der Waals surface area (Å²) in [6.45, 7) is 0.594. The van der Waals surface area contributed by atoms with Crippen LogP contribution in [0.15, 0.2) is 77.7 Å². The van der Waals surface area contributed by atoms with E-state index in [4.69, 9.17) is 21.7 Å². The van der Waals surface area contributed by atoms with Crippen molar-refractivity contribution in [3.05, 3.63) is 83.3 Å². The zero-order valence-electron chi connectivity index (χ0n) is 18.7. The molecular formula is C27H22N2O4S2. The van der Waals surface area contributed by atoms with Gasteiger partial charge in [0, 0.05) is 18.7 Å². The molecule has 2 aliphatic heterocycles. The quantitative estimate of drug-likeness (QED) is 0.330. The lowest BCUT2D eigenvalue weighted by Crippen LogP contribution is -2.29. The third-order valence-corrected chi connectivity index (χ3v) is 7.01. The minimum absolute atomic E-state index is 0.0983.